The maximum Gasteiger partial charge on any atom is 0.322 e. The summed E-state index contributed by atoms with van der Waals surface area (Å²) in [6.07, 6.45) is 5.37. The highest BCUT2D eigenvalue weighted by Crippen LogP contribution is 2.25. The quantitative estimate of drug-likeness (QED) is 0.632. The monoisotopic (exact) mass is 243 g/mol. The fourth-order valence-corrected chi connectivity index (χ4v) is 2.12. The van der Waals surface area contributed by atoms with E-state index in [2.05, 4.69) is 33.0 Å². The van der Waals surface area contributed by atoms with Gasteiger partial charge in [0.2, 0.25) is 0 Å². The van der Waals surface area contributed by atoms with Crippen molar-refractivity contribution in [3.05, 3.63) is 0 Å². The van der Waals surface area contributed by atoms with E-state index in [0.29, 0.717) is 5.41 Å². The number of carbonyl (C=O) groups is 1. The number of rotatable bonds is 9. The lowest BCUT2D eigenvalue weighted by atomic mass is 9.84. The molecule has 0 saturated heterocycles. The van der Waals surface area contributed by atoms with Gasteiger partial charge in [0.25, 0.3) is 0 Å². The predicted molar refractivity (Wildman–Crippen MR) is 72.0 cm³/mol. The third kappa shape index (κ3) is 7.37. The highest BCUT2D eigenvalue weighted by Gasteiger charge is 2.20. The standard InChI is InChI=1S/C14H29NO2/c1-6-8-12(13(16)17-5)15-11-10-14(3,4)9-7-2/h12,15H,6-11H2,1-5H3. The van der Waals surface area contributed by atoms with Crippen molar-refractivity contribution in [3.63, 3.8) is 0 Å². The number of methoxy groups -OCH3 is 1. The lowest BCUT2D eigenvalue weighted by molar-refractivity contribution is -0.143. The second-order valence-corrected chi connectivity index (χ2v) is 5.48. The Bertz CT molecular complexity index is 214. The smallest absolute Gasteiger partial charge is 0.322 e. The molecule has 0 heterocycles. The highest BCUT2D eigenvalue weighted by atomic mass is 16.5. The average molecular weight is 243 g/mol. The number of carbonyl (C=O) groups excluding carboxylic acids is 1. The van der Waals surface area contributed by atoms with Gasteiger partial charge in [-0.15, -0.1) is 0 Å². The van der Waals surface area contributed by atoms with Gasteiger partial charge in [0, 0.05) is 0 Å². The Balaban J connectivity index is 4.01. The van der Waals surface area contributed by atoms with E-state index in [1.807, 2.05) is 0 Å². The second kappa shape index (κ2) is 8.51. The lowest BCUT2D eigenvalue weighted by Crippen LogP contribution is -2.39. The first-order valence-electron chi connectivity index (χ1n) is 6.78. The van der Waals surface area contributed by atoms with E-state index in [0.717, 1.165) is 25.8 Å². The van der Waals surface area contributed by atoms with Gasteiger partial charge >= 0.3 is 5.97 Å². The van der Waals surface area contributed by atoms with Crippen molar-refractivity contribution >= 4 is 5.97 Å². The molecule has 0 radical (unpaired) electrons. The van der Waals surface area contributed by atoms with Crippen molar-refractivity contribution < 1.29 is 9.53 Å². The van der Waals surface area contributed by atoms with Crippen LogP contribution in [0, 0.1) is 5.41 Å². The van der Waals surface area contributed by atoms with Crippen molar-refractivity contribution in [1.29, 1.82) is 0 Å². The Hall–Kier alpha value is -0.570. The Morgan fingerprint density at radius 1 is 1.24 bits per heavy atom. The summed E-state index contributed by atoms with van der Waals surface area (Å²) in [4.78, 5) is 11.5. The molecule has 0 fully saturated rings. The maximum absolute atomic E-state index is 11.5. The topological polar surface area (TPSA) is 38.3 Å². The molecule has 102 valence electrons. The van der Waals surface area contributed by atoms with Gasteiger partial charge in [0.1, 0.15) is 6.04 Å². The summed E-state index contributed by atoms with van der Waals surface area (Å²) in [5, 5.41) is 3.31. The molecule has 0 bridgehead atoms. The van der Waals surface area contributed by atoms with Crippen LogP contribution in [0.3, 0.4) is 0 Å². The van der Waals surface area contributed by atoms with Crippen molar-refractivity contribution in [1.82, 2.24) is 5.32 Å². The largest absolute Gasteiger partial charge is 0.468 e. The molecule has 1 unspecified atom stereocenters. The minimum Gasteiger partial charge on any atom is -0.468 e. The van der Waals surface area contributed by atoms with Gasteiger partial charge in [-0.25, -0.2) is 0 Å². The Labute approximate surface area is 106 Å². The molecule has 0 aromatic heterocycles. The molecule has 0 aliphatic carbocycles. The van der Waals surface area contributed by atoms with Gasteiger partial charge in [-0.1, -0.05) is 40.5 Å². The van der Waals surface area contributed by atoms with E-state index in [-0.39, 0.29) is 12.0 Å². The molecule has 17 heavy (non-hydrogen) atoms. The fraction of sp³-hybridized carbons (Fsp3) is 0.929. The Kier molecular flexibility index (Phi) is 8.23. The van der Waals surface area contributed by atoms with E-state index in [4.69, 9.17) is 4.74 Å². The SMILES string of the molecule is CCCC(NCCC(C)(C)CCC)C(=O)OC. The van der Waals surface area contributed by atoms with Crippen LogP contribution >= 0.6 is 0 Å². The van der Waals surface area contributed by atoms with Crippen molar-refractivity contribution in [2.45, 2.75) is 65.8 Å². The second-order valence-electron chi connectivity index (χ2n) is 5.48. The minimum atomic E-state index is -0.139. The van der Waals surface area contributed by atoms with Crippen LogP contribution in [-0.2, 0) is 9.53 Å². The molecular formula is C14H29NO2. The third-order valence-corrected chi connectivity index (χ3v) is 3.18. The zero-order valence-corrected chi connectivity index (χ0v) is 12.1. The summed E-state index contributed by atoms with van der Waals surface area (Å²) in [7, 11) is 1.45. The number of ether oxygens (including phenoxy) is 1. The van der Waals surface area contributed by atoms with Gasteiger partial charge in [0.15, 0.2) is 0 Å². The van der Waals surface area contributed by atoms with Crippen LogP contribution in [0.25, 0.3) is 0 Å². The molecular weight excluding hydrogens is 214 g/mol. The minimum absolute atomic E-state index is 0.137. The summed E-state index contributed by atoms with van der Waals surface area (Å²) in [6.45, 7) is 9.74. The molecule has 0 aliphatic heterocycles. The van der Waals surface area contributed by atoms with Crippen molar-refractivity contribution in [2.75, 3.05) is 13.7 Å². The van der Waals surface area contributed by atoms with Gasteiger partial charge in [-0.3, -0.25) is 4.79 Å². The number of nitrogens with one attached hydrogen (secondary N) is 1. The van der Waals surface area contributed by atoms with Crippen LogP contribution in [0.1, 0.15) is 59.8 Å². The zero-order chi connectivity index (χ0) is 13.3. The van der Waals surface area contributed by atoms with Crippen LogP contribution in [-0.4, -0.2) is 25.7 Å². The molecule has 0 rings (SSSR count). The van der Waals surface area contributed by atoms with Crippen molar-refractivity contribution in [2.24, 2.45) is 5.41 Å². The Morgan fingerprint density at radius 3 is 2.35 bits per heavy atom. The van der Waals surface area contributed by atoms with Crippen molar-refractivity contribution in [3.8, 4) is 0 Å². The first kappa shape index (κ1) is 16.4. The summed E-state index contributed by atoms with van der Waals surface area (Å²) in [5.74, 6) is -0.139. The molecule has 0 aromatic rings. The molecule has 0 aromatic carbocycles. The highest BCUT2D eigenvalue weighted by molar-refractivity contribution is 5.75. The van der Waals surface area contributed by atoms with E-state index >= 15 is 0 Å². The molecule has 0 spiro atoms. The van der Waals surface area contributed by atoms with E-state index in [1.165, 1.54) is 20.0 Å². The van der Waals surface area contributed by atoms with E-state index in [9.17, 15) is 4.79 Å². The number of hydrogen-bond donors (Lipinski definition) is 1. The van der Waals surface area contributed by atoms with Gasteiger partial charge in [0.05, 0.1) is 7.11 Å². The molecule has 1 atom stereocenters. The maximum atomic E-state index is 11.5. The number of esters is 1. The first-order valence-corrected chi connectivity index (χ1v) is 6.78. The molecule has 0 aliphatic rings. The summed E-state index contributed by atoms with van der Waals surface area (Å²) in [5.41, 5.74) is 0.356. The predicted octanol–water partition coefficient (Wildman–Crippen LogP) is 3.13. The molecule has 0 amide bonds. The third-order valence-electron chi connectivity index (χ3n) is 3.18. The molecule has 3 nitrogen and oxygen atoms in total. The summed E-state index contributed by atoms with van der Waals surface area (Å²) < 4.78 is 4.79. The fourth-order valence-electron chi connectivity index (χ4n) is 2.12. The first-order chi connectivity index (χ1) is 7.96. The van der Waals surface area contributed by atoms with Gasteiger partial charge < -0.3 is 10.1 Å². The van der Waals surface area contributed by atoms with Gasteiger partial charge in [-0.05, 0) is 31.2 Å². The summed E-state index contributed by atoms with van der Waals surface area (Å²) in [6, 6.07) is -0.137. The normalized spacial score (nSPS) is 13.5. The summed E-state index contributed by atoms with van der Waals surface area (Å²) >= 11 is 0. The zero-order valence-electron chi connectivity index (χ0n) is 12.1. The lowest BCUT2D eigenvalue weighted by Gasteiger charge is -2.25. The number of hydrogen-bond acceptors (Lipinski definition) is 3. The average Bonchev–Trinajstić information content (AvgIpc) is 2.26. The van der Waals surface area contributed by atoms with Gasteiger partial charge in [-0.2, -0.15) is 0 Å². The van der Waals surface area contributed by atoms with Crippen LogP contribution in [0.15, 0.2) is 0 Å². The van der Waals surface area contributed by atoms with Crippen LogP contribution in [0.2, 0.25) is 0 Å². The van der Waals surface area contributed by atoms with Crippen LogP contribution in [0.5, 0.6) is 0 Å². The molecule has 3 heteroatoms. The van der Waals surface area contributed by atoms with Crippen LogP contribution < -0.4 is 5.32 Å². The molecule has 1 N–H and O–H groups in total. The Morgan fingerprint density at radius 2 is 1.88 bits per heavy atom. The van der Waals surface area contributed by atoms with Crippen LogP contribution in [0.4, 0.5) is 0 Å². The van der Waals surface area contributed by atoms with E-state index < -0.39 is 0 Å². The molecule has 0 saturated carbocycles. The van der Waals surface area contributed by atoms with E-state index in [1.54, 1.807) is 0 Å².